The molecule has 2 aliphatic rings. The molecule has 4 atom stereocenters. The Balaban J connectivity index is 0.00000338. The molecule has 0 amide bonds. The average Bonchev–Trinajstić information content (AvgIpc) is 3.08. The molecule has 2 fully saturated rings. The van der Waals surface area contributed by atoms with Crippen LogP contribution in [0.4, 0.5) is 0 Å². The lowest BCUT2D eigenvalue weighted by atomic mass is 9.88. The molecular weight excluding hydrogens is 393 g/mol. The maximum atomic E-state index is 6.78. The molecule has 4 unspecified atom stereocenters. The minimum absolute atomic E-state index is 0. The van der Waals surface area contributed by atoms with Gasteiger partial charge in [-0.25, -0.2) is 0 Å². The Hall–Kier alpha value is 0.708. The SMILES string of the molecule is C.C[Si](C)(C)O[Si](C)(C)O[Si](C)(CCC1CCC2OC2C1)O[Si](C)(C)C. The Bertz CT molecular complexity index is 461. The summed E-state index contributed by atoms with van der Waals surface area (Å²) >= 11 is 0. The zero-order valence-electron chi connectivity index (χ0n) is 17.9. The molecule has 0 aromatic carbocycles. The lowest BCUT2D eigenvalue weighted by Crippen LogP contribution is -2.56. The number of fused-ring (bicyclic) bond motifs is 1. The van der Waals surface area contributed by atoms with Crippen LogP contribution in [0.5, 0.6) is 0 Å². The van der Waals surface area contributed by atoms with Crippen LogP contribution in [0.15, 0.2) is 0 Å². The first-order chi connectivity index (χ1) is 11.2. The molecule has 8 heteroatoms. The summed E-state index contributed by atoms with van der Waals surface area (Å²) in [6.45, 7) is 20.3. The van der Waals surface area contributed by atoms with Crippen LogP contribution in [-0.2, 0) is 17.1 Å². The van der Waals surface area contributed by atoms with Gasteiger partial charge in [-0.3, -0.25) is 0 Å². The van der Waals surface area contributed by atoms with Gasteiger partial charge in [0.2, 0.25) is 0 Å². The zero-order chi connectivity index (χ0) is 19.1. The molecule has 0 bridgehead atoms. The molecule has 0 spiro atoms. The Morgan fingerprint density at radius 1 is 0.769 bits per heavy atom. The van der Waals surface area contributed by atoms with E-state index in [1.54, 1.807) is 0 Å². The van der Waals surface area contributed by atoms with Crippen LogP contribution in [0.1, 0.15) is 33.1 Å². The number of hydrogen-bond acceptors (Lipinski definition) is 4. The largest absolute Gasteiger partial charge is 0.437 e. The van der Waals surface area contributed by atoms with E-state index < -0.39 is 33.8 Å². The molecule has 0 N–H and O–H groups in total. The molecule has 1 heterocycles. The van der Waals surface area contributed by atoms with Crippen LogP contribution in [0.25, 0.3) is 0 Å². The molecule has 4 nitrogen and oxygen atoms in total. The van der Waals surface area contributed by atoms with Crippen LogP contribution in [-0.4, -0.2) is 46.0 Å². The summed E-state index contributed by atoms with van der Waals surface area (Å²) in [5.74, 6) is 0.784. The van der Waals surface area contributed by atoms with Crippen molar-refractivity contribution in [2.75, 3.05) is 0 Å². The van der Waals surface area contributed by atoms with E-state index in [9.17, 15) is 0 Å². The molecule has 1 saturated heterocycles. The monoisotopic (exact) mass is 436 g/mol. The van der Waals surface area contributed by atoms with Crippen molar-refractivity contribution >= 4 is 33.8 Å². The van der Waals surface area contributed by atoms with Crippen LogP contribution in [0.3, 0.4) is 0 Å². The maximum Gasteiger partial charge on any atom is 0.315 e. The molecule has 1 saturated carbocycles. The smallest absolute Gasteiger partial charge is 0.315 e. The summed E-state index contributed by atoms with van der Waals surface area (Å²) in [6, 6.07) is 1.09. The van der Waals surface area contributed by atoms with Crippen molar-refractivity contribution < 1.29 is 17.1 Å². The highest BCUT2D eigenvalue weighted by molar-refractivity contribution is 6.89. The van der Waals surface area contributed by atoms with Gasteiger partial charge in [0.1, 0.15) is 0 Å². The molecular formula is C18H44O4Si4. The first-order valence-electron chi connectivity index (χ1n) is 9.92. The Morgan fingerprint density at radius 2 is 1.35 bits per heavy atom. The highest BCUT2D eigenvalue weighted by Crippen LogP contribution is 2.42. The van der Waals surface area contributed by atoms with Crippen molar-refractivity contribution in [3.05, 3.63) is 0 Å². The standard InChI is InChI=1S/C17H40O4Si4.CH4/c1-22(2,3)19-24(7,8)21-25(9,20-23(4,5)6)13-12-15-10-11-16-17(14-15)18-16;/h15-17H,10-14H2,1-9H3;1H4. The number of hydrogen-bond donors (Lipinski definition) is 0. The van der Waals surface area contributed by atoms with Crippen molar-refractivity contribution in [3.63, 3.8) is 0 Å². The van der Waals surface area contributed by atoms with E-state index in [0.29, 0.717) is 12.2 Å². The van der Waals surface area contributed by atoms with E-state index in [4.69, 9.17) is 17.1 Å². The van der Waals surface area contributed by atoms with Gasteiger partial charge in [0.15, 0.2) is 16.6 Å². The van der Waals surface area contributed by atoms with Crippen LogP contribution >= 0.6 is 0 Å². The molecule has 1 aliphatic carbocycles. The normalized spacial score (nSPS) is 28.7. The third kappa shape index (κ3) is 8.81. The summed E-state index contributed by atoms with van der Waals surface area (Å²) in [5.41, 5.74) is 0. The fourth-order valence-electron chi connectivity index (χ4n) is 4.26. The van der Waals surface area contributed by atoms with Crippen molar-refractivity contribution in [1.29, 1.82) is 0 Å². The van der Waals surface area contributed by atoms with Crippen LogP contribution in [0, 0.1) is 5.92 Å². The predicted molar refractivity (Wildman–Crippen MR) is 121 cm³/mol. The minimum atomic E-state index is -2.23. The summed E-state index contributed by atoms with van der Waals surface area (Å²) in [7, 11) is -7.67. The van der Waals surface area contributed by atoms with Gasteiger partial charge >= 0.3 is 17.1 Å². The second-order valence-electron chi connectivity index (χ2n) is 10.5. The van der Waals surface area contributed by atoms with Gasteiger partial charge in [0, 0.05) is 0 Å². The minimum Gasteiger partial charge on any atom is -0.437 e. The second-order valence-corrected chi connectivity index (χ2v) is 27.0. The quantitative estimate of drug-likeness (QED) is 0.324. The fraction of sp³-hybridized carbons (Fsp3) is 1.00. The molecule has 26 heavy (non-hydrogen) atoms. The molecule has 0 radical (unpaired) electrons. The van der Waals surface area contributed by atoms with Crippen molar-refractivity contribution in [2.45, 2.75) is 110 Å². The van der Waals surface area contributed by atoms with E-state index in [1.807, 2.05) is 0 Å². The van der Waals surface area contributed by atoms with Gasteiger partial charge < -0.3 is 17.1 Å². The summed E-state index contributed by atoms with van der Waals surface area (Å²) < 4.78 is 25.6. The van der Waals surface area contributed by atoms with Crippen LogP contribution < -0.4 is 0 Å². The Labute approximate surface area is 167 Å². The number of rotatable bonds is 9. The zero-order valence-corrected chi connectivity index (χ0v) is 21.9. The van der Waals surface area contributed by atoms with Gasteiger partial charge in [-0.15, -0.1) is 0 Å². The summed E-state index contributed by atoms with van der Waals surface area (Å²) in [4.78, 5) is 0. The van der Waals surface area contributed by atoms with Gasteiger partial charge in [-0.1, -0.05) is 7.43 Å². The lowest BCUT2D eigenvalue weighted by Gasteiger charge is -2.41. The van der Waals surface area contributed by atoms with Crippen molar-refractivity contribution in [2.24, 2.45) is 5.92 Å². The first kappa shape index (κ1) is 24.7. The molecule has 0 aromatic rings. The number of epoxide rings is 1. The highest BCUT2D eigenvalue weighted by Gasteiger charge is 2.47. The Kier molecular flexibility index (Phi) is 8.19. The third-order valence-electron chi connectivity index (χ3n) is 4.66. The van der Waals surface area contributed by atoms with Crippen molar-refractivity contribution in [3.8, 4) is 0 Å². The van der Waals surface area contributed by atoms with E-state index in [1.165, 1.54) is 25.7 Å². The second kappa shape index (κ2) is 8.60. The first-order valence-corrected chi connectivity index (χ1v) is 22.1. The van der Waals surface area contributed by atoms with Gasteiger partial charge in [0.05, 0.1) is 12.2 Å². The van der Waals surface area contributed by atoms with Gasteiger partial charge in [-0.2, -0.15) is 0 Å². The van der Waals surface area contributed by atoms with E-state index in [0.717, 1.165) is 12.0 Å². The van der Waals surface area contributed by atoms with E-state index in [-0.39, 0.29) is 7.43 Å². The number of ether oxygens (including phenoxy) is 1. The third-order valence-corrected chi connectivity index (χ3v) is 18.1. The summed E-state index contributed by atoms with van der Waals surface area (Å²) in [6.07, 6.45) is 6.18. The Morgan fingerprint density at radius 3 is 1.85 bits per heavy atom. The van der Waals surface area contributed by atoms with Crippen molar-refractivity contribution in [1.82, 2.24) is 0 Å². The summed E-state index contributed by atoms with van der Waals surface area (Å²) in [5, 5.41) is 0. The topological polar surface area (TPSA) is 40.2 Å². The van der Waals surface area contributed by atoms with Crippen LogP contribution in [0.2, 0.25) is 65.0 Å². The van der Waals surface area contributed by atoms with Gasteiger partial charge in [0.25, 0.3) is 0 Å². The lowest BCUT2D eigenvalue weighted by molar-refractivity contribution is 0.309. The van der Waals surface area contributed by atoms with E-state index in [2.05, 4.69) is 58.9 Å². The van der Waals surface area contributed by atoms with E-state index >= 15 is 0 Å². The maximum absolute atomic E-state index is 6.78. The molecule has 0 aromatic heterocycles. The molecule has 2 rings (SSSR count). The average molecular weight is 437 g/mol. The fourth-order valence-corrected chi connectivity index (χ4v) is 22.3. The molecule has 1 aliphatic heterocycles. The highest BCUT2D eigenvalue weighted by atomic mass is 28.5. The predicted octanol–water partition coefficient (Wildman–Crippen LogP) is 6.07. The molecule has 156 valence electrons. The van der Waals surface area contributed by atoms with Gasteiger partial charge in [-0.05, 0) is 96.6 Å².